The topological polar surface area (TPSA) is 132 Å². The van der Waals surface area contributed by atoms with Crippen molar-refractivity contribution in [3.63, 3.8) is 0 Å². The molecule has 0 saturated heterocycles. The summed E-state index contributed by atoms with van der Waals surface area (Å²) in [5.41, 5.74) is 1.70. The molecule has 10 nitrogen and oxygen atoms in total. The fourth-order valence-electron chi connectivity index (χ4n) is 4.03. The van der Waals surface area contributed by atoms with E-state index in [4.69, 9.17) is 32.7 Å². The highest BCUT2D eigenvalue weighted by molar-refractivity contribution is 7.90. The second kappa shape index (κ2) is 9.25. The van der Waals surface area contributed by atoms with Gasteiger partial charge in [-0.05, 0) is 50.1 Å². The summed E-state index contributed by atoms with van der Waals surface area (Å²) in [6, 6.07) is 8.32. The number of rotatable bonds is 6. The quantitative estimate of drug-likeness (QED) is 0.394. The summed E-state index contributed by atoms with van der Waals surface area (Å²) in [7, 11) is -3.64. The number of amides is 1. The van der Waals surface area contributed by atoms with Crippen LogP contribution in [0, 0.1) is 0 Å². The Morgan fingerprint density at radius 3 is 2.53 bits per heavy atom. The maximum absolute atomic E-state index is 12.4. The molecule has 0 radical (unpaired) electrons. The molecular weight excluding hydrogens is 553 g/mol. The number of pyridine rings is 3. The molecule has 5 rings (SSSR count). The SMILES string of the molecule is CC(=O)Nc1cc(Nc2cc([C@H]3CC3(Cl)Cl)cc(S(C)(=O)=O)n2)c(-c2ccc3c(n2)OCC(C)(C)O3)cn1. The number of hydrogen-bond acceptors (Lipinski definition) is 9. The number of halogens is 2. The molecule has 1 aliphatic heterocycles. The minimum atomic E-state index is -3.64. The highest BCUT2D eigenvalue weighted by atomic mass is 35.5. The molecule has 1 atom stereocenters. The van der Waals surface area contributed by atoms with Crippen molar-refractivity contribution >= 4 is 56.3 Å². The summed E-state index contributed by atoms with van der Waals surface area (Å²) in [4.78, 5) is 24.9. The molecular formula is C25H25Cl2N5O5S. The predicted octanol–water partition coefficient (Wildman–Crippen LogP) is 4.86. The molecule has 0 bridgehead atoms. The Labute approximate surface area is 230 Å². The van der Waals surface area contributed by atoms with E-state index in [1.54, 1.807) is 30.5 Å². The first-order valence-electron chi connectivity index (χ1n) is 11.7. The molecule has 0 aromatic carbocycles. The Kier molecular flexibility index (Phi) is 6.44. The van der Waals surface area contributed by atoms with E-state index >= 15 is 0 Å². The number of carbonyl (C=O) groups excluding carboxylic acids is 1. The first-order valence-corrected chi connectivity index (χ1v) is 14.3. The molecule has 1 saturated carbocycles. The van der Waals surface area contributed by atoms with Crippen LogP contribution < -0.4 is 20.1 Å². The van der Waals surface area contributed by atoms with Crippen molar-refractivity contribution in [3.05, 3.63) is 42.1 Å². The Balaban J connectivity index is 1.58. The summed E-state index contributed by atoms with van der Waals surface area (Å²) in [5.74, 6) is 0.859. The minimum Gasteiger partial charge on any atom is -0.479 e. The van der Waals surface area contributed by atoms with Crippen LogP contribution in [-0.4, -0.2) is 52.1 Å². The normalized spacial score (nSPS) is 18.9. The molecule has 2 N–H and O–H groups in total. The molecule has 4 heterocycles. The van der Waals surface area contributed by atoms with Crippen LogP contribution in [0.1, 0.15) is 38.7 Å². The third-order valence-electron chi connectivity index (χ3n) is 5.95. The van der Waals surface area contributed by atoms with Gasteiger partial charge in [-0.3, -0.25) is 4.79 Å². The van der Waals surface area contributed by atoms with E-state index in [1.165, 1.54) is 13.0 Å². The van der Waals surface area contributed by atoms with Crippen LogP contribution in [0.25, 0.3) is 11.3 Å². The molecule has 200 valence electrons. The molecule has 1 fully saturated rings. The lowest BCUT2D eigenvalue weighted by Gasteiger charge is -2.31. The van der Waals surface area contributed by atoms with Crippen LogP contribution in [0.4, 0.5) is 17.3 Å². The molecule has 1 aliphatic carbocycles. The number of anilines is 3. The van der Waals surface area contributed by atoms with E-state index < -0.39 is 19.8 Å². The second-order valence-corrected chi connectivity index (χ2v) is 13.5. The zero-order valence-electron chi connectivity index (χ0n) is 21.0. The van der Waals surface area contributed by atoms with E-state index in [2.05, 4.69) is 25.6 Å². The molecule has 38 heavy (non-hydrogen) atoms. The Morgan fingerprint density at radius 2 is 1.87 bits per heavy atom. The lowest BCUT2D eigenvalue weighted by atomic mass is 10.1. The molecule has 0 spiro atoms. The van der Waals surface area contributed by atoms with Crippen LogP contribution >= 0.6 is 23.2 Å². The van der Waals surface area contributed by atoms with Gasteiger partial charge in [-0.2, -0.15) is 0 Å². The van der Waals surface area contributed by atoms with Gasteiger partial charge in [0.2, 0.25) is 5.91 Å². The molecule has 3 aromatic heterocycles. The summed E-state index contributed by atoms with van der Waals surface area (Å²) < 4.78 is 35.6. The van der Waals surface area contributed by atoms with Gasteiger partial charge in [-0.1, -0.05) is 0 Å². The molecule has 2 aliphatic rings. The summed E-state index contributed by atoms with van der Waals surface area (Å²) >= 11 is 12.5. The number of nitrogens with zero attached hydrogens (tertiary/aromatic N) is 3. The number of hydrogen-bond donors (Lipinski definition) is 2. The molecule has 0 unspecified atom stereocenters. The molecule has 1 amide bonds. The van der Waals surface area contributed by atoms with Crippen molar-refractivity contribution in [2.75, 3.05) is 23.5 Å². The first-order chi connectivity index (χ1) is 17.7. The van der Waals surface area contributed by atoms with Gasteiger partial charge in [-0.15, -0.1) is 23.2 Å². The van der Waals surface area contributed by atoms with E-state index in [0.717, 1.165) is 6.26 Å². The van der Waals surface area contributed by atoms with Gasteiger partial charge in [-0.25, -0.2) is 23.4 Å². The van der Waals surface area contributed by atoms with E-state index in [-0.39, 0.29) is 28.5 Å². The van der Waals surface area contributed by atoms with Gasteiger partial charge in [0.1, 0.15) is 28.2 Å². The lowest BCUT2D eigenvalue weighted by molar-refractivity contribution is -0.114. The number of fused-ring (bicyclic) bond motifs is 1. The maximum atomic E-state index is 12.4. The van der Waals surface area contributed by atoms with Crippen LogP contribution in [0.5, 0.6) is 11.6 Å². The summed E-state index contributed by atoms with van der Waals surface area (Å²) in [6.07, 6.45) is 3.12. The van der Waals surface area contributed by atoms with Crippen LogP contribution in [0.3, 0.4) is 0 Å². The average molecular weight is 578 g/mol. The van der Waals surface area contributed by atoms with Gasteiger partial charge in [0.25, 0.3) is 5.88 Å². The number of ether oxygens (including phenoxy) is 2. The number of sulfone groups is 1. The average Bonchev–Trinajstić information content (AvgIpc) is 3.45. The van der Waals surface area contributed by atoms with Crippen LogP contribution in [0.2, 0.25) is 0 Å². The fraction of sp³-hybridized carbons (Fsp3) is 0.360. The van der Waals surface area contributed by atoms with Crippen molar-refractivity contribution in [1.82, 2.24) is 15.0 Å². The third kappa shape index (κ3) is 5.64. The molecule has 3 aromatic rings. The number of nitrogens with one attached hydrogen (secondary N) is 2. The van der Waals surface area contributed by atoms with Crippen molar-refractivity contribution in [3.8, 4) is 22.9 Å². The highest BCUT2D eigenvalue weighted by Crippen LogP contribution is 2.59. The lowest BCUT2D eigenvalue weighted by Crippen LogP contribution is -2.39. The Hall–Kier alpha value is -3.15. The van der Waals surface area contributed by atoms with Gasteiger partial charge < -0.3 is 20.1 Å². The van der Waals surface area contributed by atoms with Crippen molar-refractivity contribution in [2.45, 2.75) is 48.1 Å². The predicted molar refractivity (Wildman–Crippen MR) is 144 cm³/mol. The largest absolute Gasteiger partial charge is 0.479 e. The van der Waals surface area contributed by atoms with Crippen LogP contribution in [-0.2, 0) is 14.6 Å². The standard InChI is InChI=1S/C25H25Cl2N5O5S/c1-13(33)29-20-9-18(15(11-28-20)17-5-6-19-23(31-17)36-12-24(2,3)37-19)30-21-7-14(16-10-25(16,26)27)8-22(32-21)38(4,34)35/h5-9,11,16H,10,12H2,1-4H3,(H2,28,29,30,32,33)/t16-/m1/s1. The van der Waals surface area contributed by atoms with Gasteiger partial charge >= 0.3 is 0 Å². The van der Waals surface area contributed by atoms with Gasteiger partial charge in [0.15, 0.2) is 20.6 Å². The van der Waals surface area contributed by atoms with E-state index in [1.807, 2.05) is 13.8 Å². The Bertz CT molecular complexity index is 1560. The van der Waals surface area contributed by atoms with Gasteiger partial charge in [0, 0.05) is 36.9 Å². The summed E-state index contributed by atoms with van der Waals surface area (Å²) in [5, 5.41) is 5.70. The monoisotopic (exact) mass is 577 g/mol. The Morgan fingerprint density at radius 1 is 1.13 bits per heavy atom. The van der Waals surface area contributed by atoms with Crippen LogP contribution in [0.15, 0.2) is 41.6 Å². The van der Waals surface area contributed by atoms with Gasteiger partial charge in [0.05, 0.1) is 11.4 Å². The van der Waals surface area contributed by atoms with Crippen molar-refractivity contribution in [1.29, 1.82) is 0 Å². The number of alkyl halides is 2. The third-order valence-corrected chi connectivity index (χ3v) is 7.75. The number of carbonyl (C=O) groups is 1. The number of aromatic nitrogens is 3. The molecule has 13 heteroatoms. The summed E-state index contributed by atoms with van der Waals surface area (Å²) in [6.45, 7) is 5.54. The van der Waals surface area contributed by atoms with E-state index in [9.17, 15) is 13.2 Å². The second-order valence-electron chi connectivity index (χ2n) is 9.99. The fourth-order valence-corrected chi connectivity index (χ4v) is 5.21. The minimum absolute atomic E-state index is 0.119. The first kappa shape index (κ1) is 26.5. The smallest absolute Gasteiger partial charge is 0.257 e. The van der Waals surface area contributed by atoms with E-state index in [0.29, 0.717) is 47.2 Å². The zero-order chi connectivity index (χ0) is 27.5. The van der Waals surface area contributed by atoms with Crippen molar-refractivity contribution < 1.29 is 22.7 Å². The zero-order valence-corrected chi connectivity index (χ0v) is 23.3. The highest BCUT2D eigenvalue weighted by Gasteiger charge is 2.52. The van der Waals surface area contributed by atoms with Crippen molar-refractivity contribution in [2.24, 2.45) is 0 Å². The maximum Gasteiger partial charge on any atom is 0.257 e.